The first kappa shape index (κ1) is 19.4. The van der Waals surface area contributed by atoms with Crippen LogP contribution in [0.25, 0.3) is 10.8 Å². The van der Waals surface area contributed by atoms with Crippen molar-refractivity contribution in [2.24, 2.45) is 0 Å². The van der Waals surface area contributed by atoms with Gasteiger partial charge in [-0.15, -0.1) is 0 Å². The van der Waals surface area contributed by atoms with Crippen molar-refractivity contribution < 1.29 is 9.66 Å². The Kier molecular flexibility index (Phi) is 5.32. The summed E-state index contributed by atoms with van der Waals surface area (Å²) in [5.74, 6) is 1.03. The number of hydrogen-bond donors (Lipinski definition) is 2. The molecule has 0 spiro atoms. The zero-order chi connectivity index (χ0) is 21.1. The van der Waals surface area contributed by atoms with Gasteiger partial charge >= 0.3 is 0 Å². The zero-order valence-corrected chi connectivity index (χ0v) is 16.6. The van der Waals surface area contributed by atoms with Gasteiger partial charge in [0.05, 0.1) is 23.9 Å². The molecular weight excluding hydrogens is 406 g/mol. The van der Waals surface area contributed by atoms with E-state index in [4.69, 9.17) is 16.3 Å². The largest absolute Gasteiger partial charge is 0.495 e. The zero-order valence-electron chi connectivity index (χ0n) is 15.8. The molecule has 0 atom stereocenters. The van der Waals surface area contributed by atoms with E-state index in [0.29, 0.717) is 22.3 Å². The molecule has 0 aliphatic rings. The van der Waals surface area contributed by atoms with Crippen LogP contribution in [0.15, 0.2) is 66.9 Å². The van der Waals surface area contributed by atoms with Crippen LogP contribution in [0.3, 0.4) is 0 Å². The number of nitrogens with zero attached hydrogens (tertiary/aromatic N) is 3. The highest BCUT2D eigenvalue weighted by Crippen LogP contribution is 2.32. The minimum atomic E-state index is -0.486. The highest BCUT2D eigenvalue weighted by Gasteiger charge is 2.14. The Hall–Kier alpha value is -3.91. The normalized spacial score (nSPS) is 10.6. The highest BCUT2D eigenvalue weighted by molar-refractivity contribution is 6.32. The number of ether oxygens (including phenoxy) is 1. The number of nitro benzene ring substituents is 1. The average molecular weight is 422 g/mol. The van der Waals surface area contributed by atoms with Gasteiger partial charge in [0.15, 0.2) is 5.82 Å². The van der Waals surface area contributed by atoms with E-state index in [1.54, 1.807) is 0 Å². The number of non-ortho nitro benzene ring substituents is 1. The molecule has 2 N–H and O–H groups in total. The second-order valence-electron chi connectivity index (χ2n) is 6.34. The summed E-state index contributed by atoms with van der Waals surface area (Å²) in [4.78, 5) is 19.2. The van der Waals surface area contributed by atoms with Crippen LogP contribution < -0.4 is 15.4 Å². The molecule has 0 bridgehead atoms. The maximum absolute atomic E-state index is 11.1. The van der Waals surface area contributed by atoms with Crippen molar-refractivity contribution in [3.05, 3.63) is 82.0 Å². The molecule has 3 aromatic carbocycles. The van der Waals surface area contributed by atoms with Crippen LogP contribution >= 0.6 is 11.6 Å². The number of fused-ring (bicyclic) bond motifs is 1. The first-order valence-corrected chi connectivity index (χ1v) is 9.29. The van der Waals surface area contributed by atoms with Crippen molar-refractivity contribution in [3.8, 4) is 5.75 Å². The molecule has 4 rings (SSSR count). The molecule has 150 valence electrons. The van der Waals surface area contributed by atoms with Gasteiger partial charge in [-0.05, 0) is 29.0 Å². The predicted octanol–water partition coefficient (Wildman–Crippen LogP) is 5.69. The summed E-state index contributed by atoms with van der Waals surface area (Å²) in [6, 6.07) is 18.1. The number of hydrogen-bond acceptors (Lipinski definition) is 7. The van der Waals surface area contributed by atoms with E-state index in [9.17, 15) is 10.1 Å². The number of aromatic nitrogens is 2. The second-order valence-corrected chi connectivity index (χ2v) is 6.75. The maximum atomic E-state index is 11.1. The van der Waals surface area contributed by atoms with Gasteiger partial charge < -0.3 is 15.4 Å². The Morgan fingerprint density at radius 2 is 1.83 bits per heavy atom. The molecule has 0 amide bonds. The second kappa shape index (κ2) is 8.22. The van der Waals surface area contributed by atoms with E-state index in [1.165, 1.54) is 31.5 Å². The average Bonchev–Trinajstić information content (AvgIpc) is 2.76. The lowest BCUT2D eigenvalue weighted by Crippen LogP contribution is -2.03. The van der Waals surface area contributed by atoms with Crippen molar-refractivity contribution in [3.63, 3.8) is 0 Å². The maximum Gasteiger partial charge on any atom is 0.271 e. The van der Waals surface area contributed by atoms with E-state index in [-0.39, 0.29) is 11.6 Å². The van der Waals surface area contributed by atoms with Gasteiger partial charge in [0.1, 0.15) is 10.8 Å². The van der Waals surface area contributed by atoms with Crippen LogP contribution in [0, 0.1) is 10.1 Å². The molecule has 1 aromatic heterocycles. The lowest BCUT2D eigenvalue weighted by molar-refractivity contribution is -0.384. The van der Waals surface area contributed by atoms with Crippen LogP contribution in [0.1, 0.15) is 0 Å². The Morgan fingerprint density at radius 3 is 2.60 bits per heavy atom. The topological polar surface area (TPSA) is 102 Å². The molecule has 0 unspecified atom stereocenters. The fraction of sp³-hybridized carbons (Fsp3) is 0.0476. The predicted molar refractivity (Wildman–Crippen MR) is 117 cm³/mol. The van der Waals surface area contributed by atoms with E-state index >= 15 is 0 Å². The van der Waals surface area contributed by atoms with Gasteiger partial charge in [-0.25, -0.2) is 4.98 Å². The fourth-order valence-electron chi connectivity index (χ4n) is 2.95. The summed E-state index contributed by atoms with van der Waals surface area (Å²) in [6.07, 6.45) is 1.45. The molecule has 0 aliphatic carbocycles. The van der Waals surface area contributed by atoms with E-state index < -0.39 is 4.92 Å². The van der Waals surface area contributed by atoms with Crippen molar-refractivity contribution in [1.29, 1.82) is 0 Å². The summed E-state index contributed by atoms with van der Waals surface area (Å²) in [6.45, 7) is 0. The third kappa shape index (κ3) is 4.08. The van der Waals surface area contributed by atoms with Gasteiger partial charge in [0.2, 0.25) is 5.95 Å². The summed E-state index contributed by atoms with van der Waals surface area (Å²) in [5, 5.41) is 19.7. The molecule has 0 saturated carbocycles. The van der Waals surface area contributed by atoms with Crippen molar-refractivity contribution in [1.82, 2.24) is 9.97 Å². The molecule has 9 heteroatoms. The summed E-state index contributed by atoms with van der Waals surface area (Å²) < 4.78 is 5.26. The monoisotopic (exact) mass is 421 g/mol. The number of rotatable bonds is 6. The van der Waals surface area contributed by atoms with E-state index in [0.717, 1.165) is 16.5 Å². The fourth-order valence-corrected chi connectivity index (χ4v) is 3.08. The van der Waals surface area contributed by atoms with Gasteiger partial charge in [-0.3, -0.25) is 10.1 Å². The van der Waals surface area contributed by atoms with Crippen molar-refractivity contribution >= 4 is 51.2 Å². The molecule has 30 heavy (non-hydrogen) atoms. The lowest BCUT2D eigenvalue weighted by Gasteiger charge is -2.12. The van der Waals surface area contributed by atoms with Crippen LogP contribution in [-0.4, -0.2) is 22.0 Å². The first-order chi connectivity index (χ1) is 14.5. The number of anilines is 4. The smallest absolute Gasteiger partial charge is 0.271 e. The molecule has 0 radical (unpaired) electrons. The highest BCUT2D eigenvalue weighted by atomic mass is 35.5. The third-order valence-electron chi connectivity index (χ3n) is 4.40. The molecule has 4 aromatic rings. The molecule has 8 nitrogen and oxygen atoms in total. The molecule has 1 heterocycles. The standard InChI is InChI=1S/C21H16ClN5O3/c1-30-19-9-8-16(27(28)29)11-18(19)25-21-23-12-17(22)20(26-21)24-15-7-6-13-4-2-3-5-14(13)10-15/h2-12H,1H3,(H2,23,24,25,26). The SMILES string of the molecule is COc1ccc([N+](=O)[O-])cc1Nc1ncc(Cl)c(Nc2ccc3ccccc3c2)n1. The minimum Gasteiger partial charge on any atom is -0.495 e. The minimum absolute atomic E-state index is 0.0817. The quantitative estimate of drug-likeness (QED) is 0.304. The van der Waals surface area contributed by atoms with Crippen LogP contribution in [0.2, 0.25) is 5.02 Å². The third-order valence-corrected chi connectivity index (χ3v) is 4.67. The molecule has 0 aliphatic heterocycles. The first-order valence-electron chi connectivity index (χ1n) is 8.91. The van der Waals surface area contributed by atoms with Crippen molar-refractivity contribution in [2.75, 3.05) is 17.7 Å². The summed E-state index contributed by atoms with van der Waals surface area (Å²) in [5.41, 5.74) is 1.10. The Labute approximate surface area is 176 Å². The van der Waals surface area contributed by atoms with Gasteiger partial charge in [-0.2, -0.15) is 4.98 Å². The Balaban J connectivity index is 1.63. The molecular formula is C21H16ClN5O3. The number of halogens is 1. The lowest BCUT2D eigenvalue weighted by atomic mass is 10.1. The van der Waals surface area contributed by atoms with Crippen LogP contribution in [-0.2, 0) is 0 Å². The van der Waals surface area contributed by atoms with Gasteiger partial charge in [-0.1, -0.05) is 41.9 Å². The Bertz CT molecular complexity index is 1250. The number of nitrogens with one attached hydrogen (secondary N) is 2. The number of nitro groups is 1. The Morgan fingerprint density at radius 1 is 1.03 bits per heavy atom. The van der Waals surface area contributed by atoms with Crippen LogP contribution in [0.5, 0.6) is 5.75 Å². The van der Waals surface area contributed by atoms with Crippen LogP contribution in [0.4, 0.5) is 28.8 Å². The van der Waals surface area contributed by atoms with E-state index in [1.807, 2.05) is 42.5 Å². The van der Waals surface area contributed by atoms with Crippen molar-refractivity contribution in [2.45, 2.75) is 0 Å². The molecule has 0 fully saturated rings. The number of benzene rings is 3. The van der Waals surface area contributed by atoms with Gasteiger partial charge in [0, 0.05) is 17.8 Å². The summed E-state index contributed by atoms with van der Waals surface area (Å²) in [7, 11) is 1.47. The van der Waals surface area contributed by atoms with Gasteiger partial charge in [0.25, 0.3) is 5.69 Å². The summed E-state index contributed by atoms with van der Waals surface area (Å²) >= 11 is 6.26. The molecule has 0 saturated heterocycles. The van der Waals surface area contributed by atoms with E-state index in [2.05, 4.69) is 20.6 Å². The number of methoxy groups -OCH3 is 1.